The Hall–Kier alpha value is -1.29. The SMILES string of the molecule is Cc1nc(-c2csc(S(=O)(=O)N3CCC(C)CC3)c2)sc1C(=O)N1CCCC1. The Bertz CT molecular complexity index is 966. The van der Waals surface area contributed by atoms with Crippen LogP contribution in [0.2, 0.25) is 0 Å². The summed E-state index contributed by atoms with van der Waals surface area (Å²) >= 11 is 2.60. The smallest absolute Gasteiger partial charge is 0.265 e. The van der Waals surface area contributed by atoms with E-state index in [0.717, 1.165) is 50.0 Å². The molecule has 0 saturated carbocycles. The summed E-state index contributed by atoms with van der Waals surface area (Å²) in [5, 5.41) is 2.55. The van der Waals surface area contributed by atoms with E-state index in [1.54, 1.807) is 10.4 Å². The maximum absolute atomic E-state index is 13.0. The maximum atomic E-state index is 13.0. The van der Waals surface area contributed by atoms with Gasteiger partial charge in [0, 0.05) is 37.1 Å². The number of hydrogen-bond donors (Lipinski definition) is 0. The zero-order chi connectivity index (χ0) is 19.9. The van der Waals surface area contributed by atoms with Crippen LogP contribution in [0.4, 0.5) is 0 Å². The standard InChI is InChI=1S/C19H25N3O3S3/c1-13-5-9-22(10-6-13)28(24,25)16-11-15(12-26-16)18-20-14(2)17(27-18)19(23)21-7-3-4-8-21/h11-13H,3-10H2,1-2H3. The van der Waals surface area contributed by atoms with Crippen LogP contribution in [-0.4, -0.2) is 54.7 Å². The Labute approximate surface area is 174 Å². The highest BCUT2D eigenvalue weighted by molar-refractivity contribution is 7.91. The minimum absolute atomic E-state index is 0.0456. The van der Waals surface area contributed by atoms with E-state index in [1.807, 2.05) is 17.2 Å². The van der Waals surface area contributed by atoms with E-state index in [2.05, 4.69) is 11.9 Å². The van der Waals surface area contributed by atoms with Crippen LogP contribution >= 0.6 is 22.7 Å². The number of carbonyl (C=O) groups is 1. The number of aromatic nitrogens is 1. The summed E-state index contributed by atoms with van der Waals surface area (Å²) in [6.07, 6.45) is 3.92. The summed E-state index contributed by atoms with van der Waals surface area (Å²) in [6, 6.07) is 1.71. The first-order valence-electron chi connectivity index (χ1n) is 9.72. The number of rotatable bonds is 4. The van der Waals surface area contributed by atoms with E-state index in [0.29, 0.717) is 33.1 Å². The van der Waals surface area contributed by atoms with Crippen LogP contribution in [0.15, 0.2) is 15.7 Å². The van der Waals surface area contributed by atoms with Gasteiger partial charge in [-0.2, -0.15) is 4.31 Å². The molecule has 0 spiro atoms. The number of sulfonamides is 1. The van der Waals surface area contributed by atoms with Crippen molar-refractivity contribution in [1.82, 2.24) is 14.2 Å². The third-order valence-corrected chi connectivity index (χ3v) is 10.1. The summed E-state index contributed by atoms with van der Waals surface area (Å²) in [6.45, 7) is 6.80. The molecule has 2 fully saturated rings. The van der Waals surface area contributed by atoms with Crippen molar-refractivity contribution < 1.29 is 13.2 Å². The summed E-state index contributed by atoms with van der Waals surface area (Å²) in [4.78, 5) is 19.8. The third kappa shape index (κ3) is 3.77. The van der Waals surface area contributed by atoms with Crippen LogP contribution in [0.1, 0.15) is 48.0 Å². The number of nitrogens with zero attached hydrogens (tertiary/aromatic N) is 3. The Morgan fingerprint density at radius 2 is 1.86 bits per heavy atom. The molecule has 4 heterocycles. The van der Waals surface area contributed by atoms with Gasteiger partial charge >= 0.3 is 0 Å². The van der Waals surface area contributed by atoms with Gasteiger partial charge in [-0.1, -0.05) is 6.92 Å². The molecule has 2 aromatic rings. The number of aryl methyl sites for hydroxylation is 1. The molecule has 0 aromatic carbocycles. The first-order valence-corrected chi connectivity index (χ1v) is 12.9. The second-order valence-electron chi connectivity index (χ2n) is 7.67. The molecular formula is C19H25N3O3S3. The van der Waals surface area contributed by atoms with E-state index in [1.165, 1.54) is 22.7 Å². The fraction of sp³-hybridized carbons (Fsp3) is 0.579. The molecule has 0 radical (unpaired) electrons. The molecule has 152 valence electrons. The Morgan fingerprint density at radius 1 is 1.18 bits per heavy atom. The van der Waals surface area contributed by atoms with E-state index < -0.39 is 10.0 Å². The fourth-order valence-corrected chi connectivity index (χ4v) is 7.58. The van der Waals surface area contributed by atoms with Gasteiger partial charge in [-0.15, -0.1) is 22.7 Å². The number of likely N-dealkylation sites (tertiary alicyclic amines) is 1. The lowest BCUT2D eigenvalue weighted by atomic mass is 10.0. The molecule has 0 unspecified atom stereocenters. The topological polar surface area (TPSA) is 70.6 Å². The monoisotopic (exact) mass is 439 g/mol. The molecule has 0 bridgehead atoms. The first-order chi connectivity index (χ1) is 13.4. The molecule has 2 saturated heterocycles. The Balaban J connectivity index is 1.56. The van der Waals surface area contributed by atoms with Crippen LogP contribution in [0, 0.1) is 12.8 Å². The molecular weight excluding hydrogens is 414 g/mol. The average molecular weight is 440 g/mol. The fourth-order valence-electron chi connectivity index (χ4n) is 3.70. The summed E-state index contributed by atoms with van der Waals surface area (Å²) < 4.78 is 27.9. The van der Waals surface area contributed by atoms with E-state index in [-0.39, 0.29) is 5.91 Å². The van der Waals surface area contributed by atoms with Crippen molar-refractivity contribution in [2.75, 3.05) is 26.2 Å². The summed E-state index contributed by atoms with van der Waals surface area (Å²) in [7, 11) is -3.45. The van der Waals surface area contributed by atoms with Gasteiger partial charge in [0.05, 0.1) is 5.69 Å². The Morgan fingerprint density at radius 3 is 2.54 bits per heavy atom. The molecule has 9 heteroatoms. The van der Waals surface area contributed by atoms with Crippen molar-refractivity contribution in [1.29, 1.82) is 0 Å². The molecule has 2 aromatic heterocycles. The van der Waals surface area contributed by atoms with Crippen molar-refractivity contribution in [3.63, 3.8) is 0 Å². The molecule has 0 N–H and O–H groups in total. The van der Waals surface area contributed by atoms with Gasteiger partial charge in [0.1, 0.15) is 14.1 Å². The van der Waals surface area contributed by atoms with E-state index in [9.17, 15) is 13.2 Å². The van der Waals surface area contributed by atoms with Crippen LogP contribution in [0.25, 0.3) is 10.6 Å². The summed E-state index contributed by atoms with van der Waals surface area (Å²) in [5.74, 6) is 0.625. The highest BCUT2D eigenvalue weighted by Crippen LogP contribution is 2.35. The number of carbonyl (C=O) groups excluding carboxylic acids is 1. The van der Waals surface area contributed by atoms with Crippen molar-refractivity contribution in [2.24, 2.45) is 5.92 Å². The minimum Gasteiger partial charge on any atom is -0.338 e. The number of thiophene rings is 1. The second-order valence-corrected chi connectivity index (χ2v) is 11.7. The largest absolute Gasteiger partial charge is 0.338 e. The van der Waals surface area contributed by atoms with Gasteiger partial charge in [-0.3, -0.25) is 4.79 Å². The van der Waals surface area contributed by atoms with Crippen molar-refractivity contribution >= 4 is 38.6 Å². The predicted molar refractivity (Wildman–Crippen MR) is 112 cm³/mol. The van der Waals surface area contributed by atoms with Crippen molar-refractivity contribution in [3.05, 3.63) is 22.0 Å². The molecule has 6 nitrogen and oxygen atoms in total. The van der Waals surface area contributed by atoms with Gasteiger partial charge < -0.3 is 4.90 Å². The maximum Gasteiger partial charge on any atom is 0.265 e. The number of piperidine rings is 1. The Kier molecular flexibility index (Phi) is 5.61. The van der Waals surface area contributed by atoms with E-state index in [4.69, 9.17) is 0 Å². The zero-order valence-corrected chi connectivity index (χ0v) is 18.6. The molecule has 0 aliphatic carbocycles. The average Bonchev–Trinajstić information content (AvgIpc) is 3.42. The summed E-state index contributed by atoms with van der Waals surface area (Å²) in [5.41, 5.74) is 1.50. The highest BCUT2D eigenvalue weighted by Gasteiger charge is 2.30. The molecule has 4 rings (SSSR count). The highest BCUT2D eigenvalue weighted by atomic mass is 32.2. The van der Waals surface area contributed by atoms with Crippen LogP contribution in [0.3, 0.4) is 0 Å². The quantitative estimate of drug-likeness (QED) is 0.726. The third-order valence-electron chi connectivity index (χ3n) is 5.54. The minimum atomic E-state index is -3.45. The van der Waals surface area contributed by atoms with Crippen molar-refractivity contribution in [3.8, 4) is 10.6 Å². The van der Waals surface area contributed by atoms with Gasteiger partial charge in [-0.05, 0) is 44.6 Å². The molecule has 1 amide bonds. The lowest BCUT2D eigenvalue weighted by Gasteiger charge is -2.28. The van der Waals surface area contributed by atoms with Gasteiger partial charge in [0.25, 0.3) is 15.9 Å². The van der Waals surface area contributed by atoms with Gasteiger partial charge in [-0.25, -0.2) is 13.4 Å². The normalized spacial score (nSPS) is 19.4. The molecule has 2 aliphatic rings. The van der Waals surface area contributed by atoms with Crippen LogP contribution < -0.4 is 0 Å². The zero-order valence-electron chi connectivity index (χ0n) is 16.2. The number of thiazole rings is 1. The molecule has 2 aliphatic heterocycles. The number of amides is 1. The number of hydrogen-bond acceptors (Lipinski definition) is 6. The van der Waals surface area contributed by atoms with Gasteiger partial charge in [0.15, 0.2) is 0 Å². The van der Waals surface area contributed by atoms with Gasteiger partial charge in [0.2, 0.25) is 0 Å². The molecule has 0 atom stereocenters. The predicted octanol–water partition coefficient (Wildman–Crippen LogP) is 3.84. The first kappa shape index (κ1) is 20.0. The van der Waals surface area contributed by atoms with Crippen LogP contribution in [-0.2, 0) is 10.0 Å². The van der Waals surface area contributed by atoms with E-state index >= 15 is 0 Å². The molecule has 28 heavy (non-hydrogen) atoms. The van der Waals surface area contributed by atoms with Crippen molar-refractivity contribution in [2.45, 2.75) is 43.7 Å². The lowest BCUT2D eigenvalue weighted by molar-refractivity contribution is 0.0796. The lowest BCUT2D eigenvalue weighted by Crippen LogP contribution is -2.37. The van der Waals surface area contributed by atoms with Crippen LogP contribution in [0.5, 0.6) is 0 Å². The second kappa shape index (κ2) is 7.85.